The van der Waals surface area contributed by atoms with Crippen LogP contribution in [0.15, 0.2) is 53.1 Å². The van der Waals surface area contributed by atoms with Gasteiger partial charge in [0.25, 0.3) is 0 Å². The molecular weight excluding hydrogens is 547 g/mol. The number of hydrogen-bond acceptors (Lipinski definition) is 6. The summed E-state index contributed by atoms with van der Waals surface area (Å²) in [6.07, 6.45) is 4.28. The molecule has 13 heteroatoms. The summed E-state index contributed by atoms with van der Waals surface area (Å²) < 4.78 is 104. The highest BCUT2D eigenvalue weighted by Gasteiger charge is 2.55. The Hall–Kier alpha value is -1.67. The summed E-state index contributed by atoms with van der Waals surface area (Å²) in [5, 5.41) is -0.184. The van der Waals surface area contributed by atoms with E-state index in [9.17, 15) is 30.0 Å². The van der Waals surface area contributed by atoms with Gasteiger partial charge in [-0.1, -0.05) is 50.6 Å². The molecule has 1 aromatic carbocycles. The third-order valence-corrected chi connectivity index (χ3v) is 14.6. The molecule has 37 heavy (non-hydrogen) atoms. The van der Waals surface area contributed by atoms with E-state index in [0.29, 0.717) is 6.42 Å². The Kier molecular flexibility index (Phi) is 7.93. The molecule has 0 fully saturated rings. The zero-order chi connectivity index (χ0) is 28.1. The highest BCUT2D eigenvalue weighted by Crippen LogP contribution is 2.45. The first kappa shape index (κ1) is 29.9. The monoisotopic (exact) mass is 581 g/mol. The Morgan fingerprint density at radius 3 is 2.19 bits per heavy atom. The van der Waals surface area contributed by atoms with Gasteiger partial charge in [-0.2, -0.15) is 25.9 Å². The fourth-order valence-corrected chi connectivity index (χ4v) is 7.66. The van der Waals surface area contributed by atoms with Crippen molar-refractivity contribution in [3.8, 4) is 0 Å². The van der Waals surface area contributed by atoms with Crippen LogP contribution >= 0.6 is 0 Å². The molecule has 0 saturated heterocycles. The van der Waals surface area contributed by atoms with Crippen molar-refractivity contribution < 1.29 is 38.6 Å². The lowest BCUT2D eigenvalue weighted by molar-refractivity contribution is -0.0534. The van der Waals surface area contributed by atoms with Crippen molar-refractivity contribution in [3.63, 3.8) is 0 Å². The fourth-order valence-electron chi connectivity index (χ4n) is 4.11. The number of alkyl halides is 3. The molecule has 0 saturated carbocycles. The van der Waals surface area contributed by atoms with Crippen molar-refractivity contribution in [2.75, 3.05) is 6.54 Å². The van der Waals surface area contributed by atoms with E-state index in [-0.39, 0.29) is 29.3 Å². The molecule has 1 aromatic rings. The molecule has 2 aliphatic rings. The standard InChI is InChI=1S/C24H34F3NO6S2Si/c1-18-10-12-20(13-11-18)35(29,30)28-17-19(34-37(5,6)22(2,3)4)14-16-23(28)15-8-7-9-21(23)33-36(31,32)24(25,26)27/h9-14,16,19H,7-8,15,17H2,1-6H3/t19-,23+/m0/s1. The maximum Gasteiger partial charge on any atom is 0.534 e. The quantitative estimate of drug-likeness (QED) is 0.188. The molecule has 0 aromatic heterocycles. The number of halogens is 3. The fraction of sp³-hybridized carbons (Fsp3) is 0.583. The van der Waals surface area contributed by atoms with Gasteiger partial charge in [-0.15, -0.1) is 0 Å². The van der Waals surface area contributed by atoms with Crippen LogP contribution in [0, 0.1) is 6.92 Å². The SMILES string of the molecule is Cc1ccc(S(=O)(=O)N2C[C@@H](O[Si](C)(C)C(C)(C)C)C=C[C@@]23CCCC=C3OS(=O)(=O)C(F)(F)F)cc1. The number of sulfonamides is 1. The average Bonchev–Trinajstić information content (AvgIpc) is 2.75. The summed E-state index contributed by atoms with van der Waals surface area (Å²) in [5.41, 5.74) is -6.60. The molecule has 0 amide bonds. The number of hydrogen-bond donors (Lipinski definition) is 0. The van der Waals surface area contributed by atoms with Crippen LogP contribution in [0.4, 0.5) is 13.2 Å². The van der Waals surface area contributed by atoms with Crippen LogP contribution < -0.4 is 0 Å². The number of benzene rings is 1. The second kappa shape index (κ2) is 9.81. The lowest BCUT2D eigenvalue weighted by Crippen LogP contribution is -2.59. The lowest BCUT2D eigenvalue weighted by atomic mass is 9.83. The van der Waals surface area contributed by atoms with Crippen LogP contribution in [0.5, 0.6) is 0 Å². The Morgan fingerprint density at radius 2 is 1.65 bits per heavy atom. The van der Waals surface area contributed by atoms with E-state index in [1.165, 1.54) is 24.3 Å². The van der Waals surface area contributed by atoms with Gasteiger partial charge < -0.3 is 8.61 Å². The number of rotatable bonds is 6. The molecule has 0 radical (unpaired) electrons. The Morgan fingerprint density at radius 1 is 1.05 bits per heavy atom. The van der Waals surface area contributed by atoms with Crippen LogP contribution in [0.1, 0.15) is 45.6 Å². The molecule has 208 valence electrons. The summed E-state index contributed by atoms with van der Waals surface area (Å²) in [5.74, 6) is -0.575. The largest absolute Gasteiger partial charge is 0.534 e. The zero-order valence-electron chi connectivity index (χ0n) is 21.8. The van der Waals surface area contributed by atoms with Gasteiger partial charge >= 0.3 is 15.6 Å². The molecule has 1 spiro atoms. The minimum absolute atomic E-state index is 0.0423. The topological polar surface area (TPSA) is 90.0 Å². The lowest BCUT2D eigenvalue weighted by Gasteiger charge is -2.48. The highest BCUT2D eigenvalue weighted by molar-refractivity contribution is 7.89. The minimum atomic E-state index is -6.02. The normalized spacial score (nSPS) is 24.2. The molecule has 0 N–H and O–H groups in total. The van der Waals surface area contributed by atoms with E-state index in [1.807, 2.05) is 33.9 Å². The molecule has 3 rings (SSSR count). The first-order valence-corrected chi connectivity index (χ1v) is 17.7. The maximum atomic E-state index is 14.0. The summed E-state index contributed by atoms with van der Waals surface area (Å²) >= 11 is 0. The molecule has 1 heterocycles. The van der Waals surface area contributed by atoms with E-state index in [1.54, 1.807) is 25.1 Å². The van der Waals surface area contributed by atoms with E-state index in [0.717, 1.165) is 9.87 Å². The van der Waals surface area contributed by atoms with Crippen LogP contribution in [-0.2, 0) is 28.8 Å². The Balaban J connectivity index is 2.16. The molecule has 7 nitrogen and oxygen atoms in total. The Bertz CT molecular complexity index is 1280. The van der Waals surface area contributed by atoms with Crippen LogP contribution in [0.2, 0.25) is 18.1 Å². The van der Waals surface area contributed by atoms with Crippen molar-refractivity contribution in [1.82, 2.24) is 4.31 Å². The molecule has 0 bridgehead atoms. The van der Waals surface area contributed by atoms with Crippen molar-refractivity contribution in [2.45, 2.75) is 87.1 Å². The third-order valence-electron chi connectivity index (χ3n) is 7.24. The van der Waals surface area contributed by atoms with Crippen molar-refractivity contribution >= 4 is 28.5 Å². The average molecular weight is 582 g/mol. The van der Waals surface area contributed by atoms with Gasteiger partial charge in [0.15, 0.2) is 8.32 Å². The van der Waals surface area contributed by atoms with Gasteiger partial charge in [-0.3, -0.25) is 0 Å². The zero-order valence-corrected chi connectivity index (χ0v) is 24.4. The van der Waals surface area contributed by atoms with E-state index < -0.39 is 51.4 Å². The second-order valence-corrected chi connectivity index (χ2v) is 19.1. The van der Waals surface area contributed by atoms with Gasteiger partial charge in [0.1, 0.15) is 11.3 Å². The summed E-state index contributed by atoms with van der Waals surface area (Å²) in [7, 11) is -12.7. The van der Waals surface area contributed by atoms with Gasteiger partial charge in [0, 0.05) is 6.54 Å². The Labute approximate surface area is 218 Å². The predicted molar refractivity (Wildman–Crippen MR) is 137 cm³/mol. The molecule has 0 unspecified atom stereocenters. The van der Waals surface area contributed by atoms with Crippen molar-refractivity contribution in [3.05, 3.63) is 53.8 Å². The number of aryl methyl sites for hydroxylation is 1. The summed E-state index contributed by atoms with van der Waals surface area (Å²) in [6, 6.07) is 6.07. The van der Waals surface area contributed by atoms with Gasteiger partial charge in [0.05, 0.1) is 11.0 Å². The van der Waals surface area contributed by atoms with Crippen molar-refractivity contribution in [1.29, 1.82) is 0 Å². The number of nitrogens with zero attached hydrogens (tertiary/aromatic N) is 1. The maximum absolute atomic E-state index is 14.0. The highest BCUT2D eigenvalue weighted by atomic mass is 32.2. The third kappa shape index (κ3) is 5.85. The molecule has 2 atom stereocenters. The first-order valence-electron chi connectivity index (χ1n) is 11.9. The smallest absolute Gasteiger partial charge is 0.409 e. The van der Waals surface area contributed by atoms with Crippen molar-refractivity contribution in [2.24, 2.45) is 0 Å². The number of allylic oxidation sites excluding steroid dienone is 1. The van der Waals surface area contributed by atoms with E-state index in [2.05, 4.69) is 4.18 Å². The van der Waals surface area contributed by atoms with Gasteiger partial charge in [0.2, 0.25) is 10.0 Å². The molecular formula is C24H34F3NO6S2Si. The minimum Gasteiger partial charge on any atom is -0.409 e. The molecule has 1 aliphatic carbocycles. The predicted octanol–water partition coefficient (Wildman–Crippen LogP) is 5.62. The van der Waals surface area contributed by atoms with Gasteiger partial charge in [-0.25, -0.2) is 8.42 Å². The van der Waals surface area contributed by atoms with E-state index in [4.69, 9.17) is 4.43 Å². The first-order chi connectivity index (χ1) is 16.7. The summed E-state index contributed by atoms with van der Waals surface area (Å²) in [4.78, 5) is -0.0672. The van der Waals surface area contributed by atoms with Crippen LogP contribution in [0.3, 0.4) is 0 Å². The van der Waals surface area contributed by atoms with Crippen LogP contribution in [-0.4, -0.2) is 53.2 Å². The van der Waals surface area contributed by atoms with E-state index >= 15 is 0 Å². The van der Waals surface area contributed by atoms with Gasteiger partial charge in [-0.05, 0) is 62.5 Å². The summed E-state index contributed by atoms with van der Waals surface area (Å²) in [6.45, 7) is 11.7. The van der Waals surface area contributed by atoms with Crippen LogP contribution in [0.25, 0.3) is 0 Å². The second-order valence-electron chi connectivity index (χ2n) is 11.0. The molecule has 1 aliphatic heterocycles.